The molecule has 1 heterocycles. The Balaban J connectivity index is 3.13. The zero-order chi connectivity index (χ0) is 12.3. The fourth-order valence-electron chi connectivity index (χ4n) is 1.11. The predicted octanol–water partition coefficient (Wildman–Crippen LogP) is 1.01. The Morgan fingerprint density at radius 1 is 1.56 bits per heavy atom. The molecule has 1 amide bonds. The van der Waals surface area contributed by atoms with Gasteiger partial charge < -0.3 is 5.73 Å². The number of nitrogens with zero attached hydrogens (tertiary/aromatic N) is 1. The number of nitrogens with two attached hydrogens (primary N) is 1. The van der Waals surface area contributed by atoms with E-state index in [1.807, 2.05) is 0 Å². The highest BCUT2D eigenvalue weighted by atomic mass is 79.9. The van der Waals surface area contributed by atoms with Crippen LogP contribution < -0.4 is 5.73 Å². The first kappa shape index (κ1) is 13.6. The smallest absolute Gasteiger partial charge is 0.276 e. The van der Waals surface area contributed by atoms with Crippen LogP contribution in [0.2, 0.25) is 0 Å². The van der Waals surface area contributed by atoms with E-state index >= 15 is 0 Å². The predicted molar refractivity (Wildman–Crippen MR) is 65.6 cm³/mol. The topological polar surface area (TPSA) is 80.5 Å². The summed E-state index contributed by atoms with van der Waals surface area (Å²) in [6.07, 6.45) is 0. The summed E-state index contributed by atoms with van der Waals surface area (Å²) >= 11 is 4.24. The molecule has 0 unspecified atom stereocenters. The lowest BCUT2D eigenvalue weighted by atomic mass is 10.6. The van der Waals surface area contributed by atoms with Crippen molar-refractivity contribution in [2.75, 3.05) is 13.1 Å². The van der Waals surface area contributed by atoms with E-state index in [2.05, 4.69) is 15.9 Å². The summed E-state index contributed by atoms with van der Waals surface area (Å²) in [6.45, 7) is 1.30. The number of rotatable bonds is 4. The molecule has 0 aromatic carbocycles. The van der Waals surface area contributed by atoms with E-state index in [9.17, 15) is 13.2 Å². The molecule has 0 radical (unpaired) electrons. The second-order valence-electron chi connectivity index (χ2n) is 2.94. The first-order valence-corrected chi connectivity index (χ1v) is 7.43. The Labute approximate surface area is 106 Å². The van der Waals surface area contributed by atoms with E-state index in [0.717, 1.165) is 15.6 Å². The van der Waals surface area contributed by atoms with Crippen LogP contribution in [0.1, 0.15) is 6.92 Å². The number of carbonyl (C=O) groups excluding carboxylic acids is 1. The van der Waals surface area contributed by atoms with Crippen molar-refractivity contribution in [1.29, 1.82) is 0 Å². The Hall–Kier alpha value is -0.440. The normalized spacial score (nSPS) is 11.4. The zero-order valence-corrected chi connectivity index (χ0v) is 11.7. The molecule has 2 N–H and O–H groups in total. The third kappa shape index (κ3) is 2.82. The lowest BCUT2D eigenvalue weighted by molar-refractivity contribution is -0.124. The van der Waals surface area contributed by atoms with Gasteiger partial charge in [0.25, 0.3) is 10.0 Å². The summed E-state index contributed by atoms with van der Waals surface area (Å²) in [5, 5.41) is 0. The molecule has 90 valence electrons. The summed E-state index contributed by atoms with van der Waals surface area (Å²) < 4.78 is 25.6. The minimum absolute atomic E-state index is 0.00676. The van der Waals surface area contributed by atoms with Gasteiger partial charge in [-0.1, -0.05) is 0 Å². The van der Waals surface area contributed by atoms with Crippen LogP contribution in [0.3, 0.4) is 0 Å². The quantitative estimate of drug-likeness (QED) is 0.895. The number of sulfonamides is 1. The van der Waals surface area contributed by atoms with Crippen molar-refractivity contribution in [2.45, 2.75) is 11.1 Å². The maximum absolute atomic E-state index is 12.0. The average molecular weight is 327 g/mol. The van der Waals surface area contributed by atoms with Gasteiger partial charge in [-0.15, -0.1) is 11.3 Å². The van der Waals surface area contributed by atoms with Crippen molar-refractivity contribution in [1.82, 2.24) is 4.31 Å². The minimum atomic E-state index is -3.75. The van der Waals surface area contributed by atoms with E-state index in [1.54, 1.807) is 6.07 Å². The van der Waals surface area contributed by atoms with Gasteiger partial charge >= 0.3 is 0 Å². The van der Waals surface area contributed by atoms with Gasteiger partial charge in [0.05, 0.1) is 3.79 Å². The first-order chi connectivity index (χ1) is 7.39. The number of halogens is 1. The molecule has 8 heteroatoms. The Morgan fingerprint density at radius 2 is 2.19 bits per heavy atom. The summed E-state index contributed by atoms with van der Waals surface area (Å²) in [7, 11) is -3.75. The standard InChI is InChI=1S/C8H11BrN2O3S2/c1-6(12)11(5-4-10)16(13,14)8-3-2-7(9)15-8/h2-3H,4-5,10H2,1H3. The maximum Gasteiger partial charge on any atom is 0.276 e. The molecular formula is C8H11BrN2O3S2. The Morgan fingerprint density at radius 3 is 2.56 bits per heavy atom. The highest BCUT2D eigenvalue weighted by molar-refractivity contribution is 9.11. The Kier molecular flexibility index (Phi) is 4.48. The van der Waals surface area contributed by atoms with E-state index in [0.29, 0.717) is 3.79 Å². The van der Waals surface area contributed by atoms with Crippen LogP contribution >= 0.6 is 27.3 Å². The molecule has 0 aliphatic rings. The highest BCUT2D eigenvalue weighted by Gasteiger charge is 2.27. The van der Waals surface area contributed by atoms with E-state index < -0.39 is 15.9 Å². The average Bonchev–Trinajstić information content (AvgIpc) is 2.61. The summed E-state index contributed by atoms with van der Waals surface area (Å²) in [5.74, 6) is -0.532. The van der Waals surface area contributed by atoms with Gasteiger partial charge in [-0.25, -0.2) is 12.7 Å². The maximum atomic E-state index is 12.0. The number of carbonyl (C=O) groups is 1. The summed E-state index contributed by atoms with van der Waals surface area (Å²) in [6, 6.07) is 3.08. The van der Waals surface area contributed by atoms with Gasteiger partial charge in [-0.3, -0.25) is 4.79 Å². The van der Waals surface area contributed by atoms with E-state index in [-0.39, 0.29) is 17.3 Å². The van der Waals surface area contributed by atoms with Gasteiger partial charge in [0.15, 0.2) is 0 Å². The van der Waals surface area contributed by atoms with E-state index in [4.69, 9.17) is 5.73 Å². The number of thiophene rings is 1. The molecule has 1 aromatic rings. The molecule has 0 saturated heterocycles. The summed E-state index contributed by atoms with van der Waals surface area (Å²) in [4.78, 5) is 11.2. The van der Waals surface area contributed by atoms with Crippen LogP contribution in [0.4, 0.5) is 0 Å². The third-order valence-corrected chi connectivity index (χ3v) is 5.74. The molecule has 0 bridgehead atoms. The molecule has 0 spiro atoms. The Bertz CT molecular complexity index is 483. The van der Waals surface area contributed by atoms with Gasteiger partial charge in [-0.2, -0.15) is 0 Å². The minimum Gasteiger partial charge on any atom is -0.329 e. The zero-order valence-electron chi connectivity index (χ0n) is 8.51. The molecule has 0 aliphatic heterocycles. The molecule has 16 heavy (non-hydrogen) atoms. The van der Waals surface area contributed by atoms with Gasteiger partial charge in [0.2, 0.25) is 5.91 Å². The molecule has 0 atom stereocenters. The molecule has 0 fully saturated rings. The van der Waals surface area contributed by atoms with Gasteiger partial charge in [0.1, 0.15) is 4.21 Å². The highest BCUT2D eigenvalue weighted by Crippen LogP contribution is 2.28. The van der Waals surface area contributed by atoms with Crippen LogP contribution in [0.15, 0.2) is 20.1 Å². The third-order valence-electron chi connectivity index (χ3n) is 1.78. The fourth-order valence-corrected chi connectivity index (χ4v) is 4.65. The largest absolute Gasteiger partial charge is 0.329 e. The second-order valence-corrected chi connectivity index (χ2v) is 7.50. The van der Waals surface area contributed by atoms with Crippen LogP contribution in [0.5, 0.6) is 0 Å². The number of hydrogen-bond donors (Lipinski definition) is 1. The second kappa shape index (κ2) is 5.26. The van der Waals surface area contributed by atoms with Crippen LogP contribution in [-0.2, 0) is 14.8 Å². The molecule has 1 rings (SSSR count). The number of hydrogen-bond acceptors (Lipinski definition) is 5. The van der Waals surface area contributed by atoms with Crippen molar-refractivity contribution in [3.8, 4) is 0 Å². The SMILES string of the molecule is CC(=O)N(CCN)S(=O)(=O)c1ccc(Br)s1. The molecule has 1 aromatic heterocycles. The van der Waals surface area contributed by atoms with Crippen molar-refractivity contribution in [3.05, 3.63) is 15.9 Å². The van der Waals surface area contributed by atoms with Crippen LogP contribution in [0, 0.1) is 0 Å². The van der Waals surface area contributed by atoms with Crippen molar-refractivity contribution < 1.29 is 13.2 Å². The monoisotopic (exact) mass is 326 g/mol. The van der Waals surface area contributed by atoms with Crippen LogP contribution in [-0.4, -0.2) is 31.7 Å². The first-order valence-electron chi connectivity index (χ1n) is 4.38. The lowest BCUT2D eigenvalue weighted by Crippen LogP contribution is -2.38. The lowest BCUT2D eigenvalue weighted by Gasteiger charge is -2.18. The molecule has 0 saturated carbocycles. The van der Waals surface area contributed by atoms with E-state index in [1.165, 1.54) is 13.0 Å². The van der Waals surface area contributed by atoms with Crippen LogP contribution in [0.25, 0.3) is 0 Å². The molecule has 0 aliphatic carbocycles. The number of amides is 1. The fraction of sp³-hybridized carbons (Fsp3) is 0.375. The van der Waals surface area contributed by atoms with Gasteiger partial charge in [0, 0.05) is 20.0 Å². The van der Waals surface area contributed by atoms with Crippen molar-refractivity contribution in [3.63, 3.8) is 0 Å². The van der Waals surface area contributed by atoms with Gasteiger partial charge in [-0.05, 0) is 28.1 Å². The summed E-state index contributed by atoms with van der Waals surface area (Å²) in [5.41, 5.74) is 5.28. The molecule has 5 nitrogen and oxygen atoms in total. The van der Waals surface area contributed by atoms with Crippen molar-refractivity contribution in [2.24, 2.45) is 5.73 Å². The molecular weight excluding hydrogens is 316 g/mol. The van der Waals surface area contributed by atoms with Crippen molar-refractivity contribution >= 4 is 43.2 Å².